The Labute approximate surface area is 135 Å². The molecule has 0 bridgehead atoms. The molecule has 0 saturated heterocycles. The van der Waals surface area contributed by atoms with Gasteiger partial charge in [0.2, 0.25) is 0 Å². The molecule has 3 nitrogen and oxygen atoms in total. The van der Waals surface area contributed by atoms with Crippen LogP contribution in [0.5, 0.6) is 0 Å². The van der Waals surface area contributed by atoms with Crippen molar-refractivity contribution in [2.75, 3.05) is 0 Å². The summed E-state index contributed by atoms with van der Waals surface area (Å²) in [5, 5.41) is 10.2. The largest absolute Gasteiger partial charge is 4.00 e. The Morgan fingerprint density at radius 1 is 0.850 bits per heavy atom. The predicted molar refractivity (Wildman–Crippen MR) is 75.7 cm³/mol. The van der Waals surface area contributed by atoms with Gasteiger partial charge in [0.25, 0.3) is 0 Å². The van der Waals surface area contributed by atoms with Crippen molar-refractivity contribution < 1.29 is 32.4 Å². The van der Waals surface area contributed by atoms with Crippen molar-refractivity contribution in [3.05, 3.63) is 6.42 Å². The van der Waals surface area contributed by atoms with Crippen LogP contribution < -0.4 is 5.11 Å². The van der Waals surface area contributed by atoms with Crippen molar-refractivity contribution in [3.63, 3.8) is 0 Å². The second-order valence-electron chi connectivity index (χ2n) is 5.19. The first-order chi connectivity index (χ1) is 8.77. The molecule has 0 aliphatic rings. The van der Waals surface area contributed by atoms with Crippen molar-refractivity contribution in [1.29, 1.82) is 0 Å². The average Bonchev–Trinajstić information content (AvgIpc) is 2.34. The van der Waals surface area contributed by atoms with E-state index in [0.29, 0.717) is 0 Å². The van der Waals surface area contributed by atoms with Gasteiger partial charge in [-0.25, -0.2) is 0 Å². The summed E-state index contributed by atoms with van der Waals surface area (Å²) in [6.07, 6.45) is 17.6. The van der Waals surface area contributed by atoms with Gasteiger partial charge in [0.1, 0.15) is 0 Å². The van der Waals surface area contributed by atoms with Gasteiger partial charge in [-0.2, -0.15) is 6.42 Å². The van der Waals surface area contributed by atoms with Gasteiger partial charge in [0.15, 0.2) is 0 Å². The second-order valence-corrected chi connectivity index (χ2v) is 5.19. The molecule has 0 rings (SSSR count). The van der Waals surface area contributed by atoms with E-state index in [-0.39, 0.29) is 29.0 Å². The molecule has 4 heteroatoms. The van der Waals surface area contributed by atoms with E-state index in [4.69, 9.17) is 0 Å². The van der Waals surface area contributed by atoms with Crippen LogP contribution in [-0.2, 0) is 27.3 Å². The number of rotatable bonds is 14. The first kappa shape index (κ1) is 24.9. The molecule has 0 spiro atoms. The minimum Gasteiger partial charge on any atom is -2.00 e. The van der Waals surface area contributed by atoms with Crippen LogP contribution in [0.4, 0.5) is 0 Å². The van der Waals surface area contributed by atoms with E-state index in [1.165, 1.54) is 64.2 Å². The molecule has 0 aliphatic heterocycles. The van der Waals surface area contributed by atoms with Crippen LogP contribution in [0.3, 0.4) is 0 Å². The molecule has 0 aliphatic carbocycles. The van der Waals surface area contributed by atoms with E-state index in [0.717, 1.165) is 12.8 Å². The molecule has 0 aromatic heterocycles. The van der Waals surface area contributed by atoms with Crippen LogP contribution in [0.15, 0.2) is 0 Å². The monoisotopic (exact) mass is 326 g/mol. The molecule has 0 heterocycles. The Bertz CT molecular complexity index is 187. The maximum Gasteiger partial charge on any atom is 4.00 e. The molecule has 120 valence electrons. The van der Waals surface area contributed by atoms with E-state index in [9.17, 15) is 9.90 Å². The van der Waals surface area contributed by atoms with Crippen LogP contribution in [0.25, 0.3) is 0 Å². The van der Waals surface area contributed by atoms with E-state index in [1.54, 1.807) is 0 Å². The zero-order valence-electron chi connectivity index (χ0n) is 12.8. The summed E-state index contributed by atoms with van der Waals surface area (Å²) in [6, 6.07) is 0. The molecule has 0 aromatic carbocycles. The van der Waals surface area contributed by atoms with Gasteiger partial charge in [0, 0.05) is 5.97 Å². The normalized spacial score (nSPS) is 9.65. The Balaban J connectivity index is -0.00000144. The summed E-state index contributed by atoms with van der Waals surface area (Å²) in [4.78, 5) is 10.2. The molecule has 0 aromatic rings. The van der Waals surface area contributed by atoms with Gasteiger partial charge in [-0.3, -0.25) is 0 Å². The number of carboxylic acids is 1. The summed E-state index contributed by atoms with van der Waals surface area (Å²) in [7, 11) is 0. The summed E-state index contributed by atoms with van der Waals surface area (Å²) in [5.74, 6) is -0.960. The Kier molecular flexibility index (Phi) is 26.5. The van der Waals surface area contributed by atoms with Crippen LogP contribution in [0, 0.1) is 6.42 Å². The number of hydrogen-bond acceptors (Lipinski definition) is 2. The van der Waals surface area contributed by atoms with Crippen molar-refractivity contribution in [1.82, 2.24) is 0 Å². The first-order valence-electron chi connectivity index (χ1n) is 7.79. The molecule has 0 atom stereocenters. The molecule has 0 fully saturated rings. The van der Waals surface area contributed by atoms with Gasteiger partial charge in [-0.05, 0) is 0 Å². The molecular formula is C16H30FeO3. The molecule has 0 amide bonds. The maximum absolute atomic E-state index is 10.2. The van der Waals surface area contributed by atoms with Crippen LogP contribution in [0.1, 0.15) is 90.4 Å². The van der Waals surface area contributed by atoms with Crippen LogP contribution in [0.2, 0.25) is 0 Å². The number of hydrogen-bond donors (Lipinski definition) is 0. The SMILES string of the molecule is CCCCCCCCCCCCC[CH-]CC(=O)[O-].[Fe+4].[O-2]. The van der Waals surface area contributed by atoms with Gasteiger partial charge >= 0.3 is 17.1 Å². The van der Waals surface area contributed by atoms with Gasteiger partial charge < -0.3 is 21.8 Å². The summed E-state index contributed by atoms with van der Waals surface area (Å²) in [5.41, 5.74) is 0. The quantitative estimate of drug-likeness (QED) is 0.276. The second kappa shape index (κ2) is 21.3. The molecule has 0 radical (unpaired) electrons. The number of unbranched alkanes of at least 4 members (excludes halogenated alkanes) is 12. The molecule has 0 N–H and O–H groups in total. The Morgan fingerprint density at radius 3 is 1.65 bits per heavy atom. The molecule has 20 heavy (non-hydrogen) atoms. The summed E-state index contributed by atoms with van der Waals surface area (Å²) >= 11 is 0. The minimum absolute atomic E-state index is 0. The third kappa shape index (κ3) is 23.1. The number of carbonyl (C=O) groups excluding carboxylic acids is 1. The van der Waals surface area contributed by atoms with E-state index in [2.05, 4.69) is 6.92 Å². The van der Waals surface area contributed by atoms with Crippen molar-refractivity contribution in [2.45, 2.75) is 90.4 Å². The van der Waals surface area contributed by atoms with E-state index in [1.807, 2.05) is 6.42 Å². The third-order valence-electron chi connectivity index (χ3n) is 3.32. The Hall–Kier alpha value is -0.0505. The molecule has 0 saturated carbocycles. The molecule has 0 unspecified atom stereocenters. The summed E-state index contributed by atoms with van der Waals surface area (Å²) in [6.45, 7) is 2.25. The molecular weight excluding hydrogens is 296 g/mol. The fraction of sp³-hybridized carbons (Fsp3) is 0.875. The van der Waals surface area contributed by atoms with Gasteiger partial charge in [0.05, 0.1) is 0 Å². The average molecular weight is 326 g/mol. The number of aliphatic carboxylic acids is 1. The zero-order chi connectivity index (χ0) is 13.5. The van der Waals surface area contributed by atoms with Crippen molar-refractivity contribution in [2.24, 2.45) is 0 Å². The van der Waals surface area contributed by atoms with Crippen LogP contribution >= 0.6 is 0 Å². The number of carbonyl (C=O) groups is 1. The van der Waals surface area contributed by atoms with Gasteiger partial charge in [-0.1, -0.05) is 77.6 Å². The minimum atomic E-state index is -0.960. The number of carboxylic acid groups (broad SMARTS) is 1. The zero-order valence-corrected chi connectivity index (χ0v) is 14.0. The topological polar surface area (TPSA) is 68.6 Å². The first-order valence-corrected chi connectivity index (χ1v) is 7.79. The van der Waals surface area contributed by atoms with Crippen molar-refractivity contribution >= 4 is 5.97 Å². The fourth-order valence-electron chi connectivity index (χ4n) is 2.17. The van der Waals surface area contributed by atoms with E-state index < -0.39 is 5.97 Å². The standard InChI is InChI=1S/C16H31O2.Fe.O/c1-2-3-4-5-6-7-8-9-10-11-12-13-14-15-16(17)18;;/h14H,2-13,15H2,1H3,(H,17,18);;/q-1;+4;-2/p-1. The van der Waals surface area contributed by atoms with Crippen molar-refractivity contribution in [3.8, 4) is 0 Å². The van der Waals surface area contributed by atoms with Gasteiger partial charge in [-0.15, -0.1) is 6.42 Å². The Morgan fingerprint density at radius 2 is 1.25 bits per heavy atom. The fourth-order valence-corrected chi connectivity index (χ4v) is 2.17. The smallest absolute Gasteiger partial charge is 2.00 e. The maximum atomic E-state index is 10.2. The summed E-state index contributed by atoms with van der Waals surface area (Å²) < 4.78 is 0. The predicted octanol–water partition coefficient (Wildman–Crippen LogP) is 3.91. The van der Waals surface area contributed by atoms with Crippen LogP contribution in [-0.4, -0.2) is 5.97 Å². The van der Waals surface area contributed by atoms with E-state index >= 15 is 0 Å². The third-order valence-corrected chi connectivity index (χ3v) is 3.32.